The average Bonchev–Trinajstić information content (AvgIpc) is 2.44. The Balaban J connectivity index is 2.29. The highest BCUT2D eigenvalue weighted by Gasteiger charge is 2.27. The first-order valence-corrected chi connectivity index (χ1v) is 8.03. The Labute approximate surface area is 127 Å². The molecule has 0 aromatic rings. The molecule has 1 saturated carbocycles. The molecule has 0 radical (unpaired) electrons. The van der Waals surface area contributed by atoms with E-state index < -0.39 is 5.97 Å². The van der Waals surface area contributed by atoms with E-state index >= 15 is 0 Å². The van der Waals surface area contributed by atoms with Gasteiger partial charge in [0.2, 0.25) is 5.91 Å². The predicted molar refractivity (Wildman–Crippen MR) is 83.1 cm³/mol. The van der Waals surface area contributed by atoms with Crippen LogP contribution in [0.25, 0.3) is 0 Å². The normalized spacial score (nSPS) is 24.4. The maximum Gasteiger partial charge on any atom is 0.306 e. The van der Waals surface area contributed by atoms with E-state index in [1.807, 2.05) is 20.8 Å². The van der Waals surface area contributed by atoms with Gasteiger partial charge in [-0.1, -0.05) is 6.92 Å². The number of carbonyl (C=O) groups excluding carboxylic acids is 1. The fourth-order valence-electron chi connectivity index (χ4n) is 2.58. The van der Waals surface area contributed by atoms with Gasteiger partial charge in [0.15, 0.2) is 0 Å². The lowest BCUT2D eigenvalue weighted by molar-refractivity contribution is -0.143. The summed E-state index contributed by atoms with van der Waals surface area (Å²) in [6.07, 6.45) is 4.26. The van der Waals surface area contributed by atoms with Crippen LogP contribution in [0.5, 0.6) is 0 Å². The minimum absolute atomic E-state index is 0.0288. The number of aliphatic carboxylic acids is 1. The zero-order valence-corrected chi connectivity index (χ0v) is 13.7. The van der Waals surface area contributed by atoms with E-state index in [0.717, 1.165) is 38.6 Å². The minimum Gasteiger partial charge on any atom is -0.481 e. The van der Waals surface area contributed by atoms with Crippen LogP contribution in [-0.2, 0) is 9.59 Å². The van der Waals surface area contributed by atoms with Crippen LogP contribution in [-0.4, -0.2) is 35.1 Å². The number of carbonyl (C=O) groups is 2. The second-order valence-corrected chi connectivity index (χ2v) is 6.91. The Kier molecular flexibility index (Phi) is 6.65. The van der Waals surface area contributed by atoms with Crippen LogP contribution in [0.4, 0.5) is 0 Å². The van der Waals surface area contributed by atoms with E-state index in [0.29, 0.717) is 5.92 Å². The van der Waals surface area contributed by atoms with Gasteiger partial charge in [0.05, 0.1) is 12.0 Å². The maximum absolute atomic E-state index is 12.1. The molecular weight excluding hydrogens is 268 g/mol. The van der Waals surface area contributed by atoms with Gasteiger partial charge >= 0.3 is 5.97 Å². The van der Waals surface area contributed by atoms with Crippen molar-refractivity contribution in [3.63, 3.8) is 0 Å². The van der Waals surface area contributed by atoms with Gasteiger partial charge in [-0.15, -0.1) is 0 Å². The van der Waals surface area contributed by atoms with Crippen molar-refractivity contribution in [1.29, 1.82) is 0 Å². The highest BCUT2D eigenvalue weighted by molar-refractivity contribution is 5.81. The molecule has 0 aromatic carbocycles. The summed E-state index contributed by atoms with van der Waals surface area (Å²) in [4.78, 5) is 23.0. The maximum atomic E-state index is 12.1. The first-order valence-electron chi connectivity index (χ1n) is 8.03. The summed E-state index contributed by atoms with van der Waals surface area (Å²) in [5.41, 5.74) is -0.174. The van der Waals surface area contributed by atoms with E-state index in [2.05, 4.69) is 17.6 Å². The number of hydrogen-bond acceptors (Lipinski definition) is 3. The topological polar surface area (TPSA) is 78.4 Å². The SMILES string of the molecule is CCC(C)(C)NC(=O)C(C)NCC1CCC(C(=O)O)CC1. The lowest BCUT2D eigenvalue weighted by Gasteiger charge is -2.29. The van der Waals surface area contributed by atoms with Crippen LogP contribution >= 0.6 is 0 Å². The van der Waals surface area contributed by atoms with Gasteiger partial charge in [0.25, 0.3) is 0 Å². The summed E-state index contributed by atoms with van der Waals surface area (Å²) in [7, 11) is 0. The Morgan fingerprint density at radius 1 is 1.24 bits per heavy atom. The zero-order chi connectivity index (χ0) is 16.0. The first kappa shape index (κ1) is 18.0. The third-order valence-corrected chi connectivity index (χ3v) is 4.65. The number of hydrogen-bond donors (Lipinski definition) is 3. The van der Waals surface area contributed by atoms with Crippen molar-refractivity contribution in [1.82, 2.24) is 10.6 Å². The summed E-state index contributed by atoms with van der Waals surface area (Å²) >= 11 is 0. The fraction of sp³-hybridized carbons (Fsp3) is 0.875. The standard InChI is InChI=1S/C16H30N2O3/c1-5-16(3,4)18-14(19)11(2)17-10-12-6-8-13(9-7-12)15(20)21/h11-13,17H,5-10H2,1-4H3,(H,18,19)(H,20,21). The summed E-state index contributed by atoms with van der Waals surface area (Å²) < 4.78 is 0. The van der Waals surface area contributed by atoms with E-state index in [-0.39, 0.29) is 23.4 Å². The second-order valence-electron chi connectivity index (χ2n) is 6.91. The molecule has 0 aliphatic heterocycles. The van der Waals surface area contributed by atoms with Crippen molar-refractivity contribution in [2.24, 2.45) is 11.8 Å². The minimum atomic E-state index is -0.670. The van der Waals surface area contributed by atoms with Gasteiger partial charge in [-0.05, 0) is 65.3 Å². The van der Waals surface area contributed by atoms with Crippen LogP contribution in [0.15, 0.2) is 0 Å². The van der Waals surface area contributed by atoms with Gasteiger partial charge < -0.3 is 15.7 Å². The zero-order valence-electron chi connectivity index (χ0n) is 13.7. The van der Waals surface area contributed by atoms with Gasteiger partial charge in [0, 0.05) is 5.54 Å². The van der Waals surface area contributed by atoms with Crippen LogP contribution in [0.2, 0.25) is 0 Å². The molecule has 5 nitrogen and oxygen atoms in total. The number of nitrogens with one attached hydrogen (secondary N) is 2. The monoisotopic (exact) mass is 298 g/mol. The lowest BCUT2D eigenvalue weighted by atomic mass is 9.82. The molecule has 122 valence electrons. The number of carboxylic acids is 1. The van der Waals surface area contributed by atoms with E-state index in [1.165, 1.54) is 0 Å². The van der Waals surface area contributed by atoms with Gasteiger partial charge in [-0.25, -0.2) is 0 Å². The fourth-order valence-corrected chi connectivity index (χ4v) is 2.58. The highest BCUT2D eigenvalue weighted by Crippen LogP contribution is 2.28. The molecule has 1 amide bonds. The third kappa shape index (κ3) is 6.04. The molecule has 0 bridgehead atoms. The Morgan fingerprint density at radius 3 is 2.29 bits per heavy atom. The molecule has 1 aliphatic rings. The molecule has 1 atom stereocenters. The molecule has 1 aliphatic carbocycles. The van der Waals surface area contributed by atoms with Crippen LogP contribution in [0, 0.1) is 11.8 Å². The molecule has 5 heteroatoms. The summed E-state index contributed by atoms with van der Waals surface area (Å²) in [6, 6.07) is -0.215. The Hall–Kier alpha value is -1.10. The van der Waals surface area contributed by atoms with Crippen molar-refractivity contribution in [2.45, 2.75) is 71.4 Å². The Morgan fingerprint density at radius 2 is 1.81 bits per heavy atom. The number of amides is 1. The van der Waals surface area contributed by atoms with Gasteiger partial charge in [-0.2, -0.15) is 0 Å². The molecule has 1 rings (SSSR count). The van der Waals surface area contributed by atoms with Crippen LogP contribution in [0.1, 0.15) is 59.8 Å². The van der Waals surface area contributed by atoms with E-state index in [1.54, 1.807) is 0 Å². The Bertz CT molecular complexity index is 361. The summed E-state index contributed by atoms with van der Waals surface area (Å²) in [6.45, 7) is 8.76. The smallest absolute Gasteiger partial charge is 0.306 e. The summed E-state index contributed by atoms with van der Waals surface area (Å²) in [5, 5.41) is 15.3. The lowest BCUT2D eigenvalue weighted by Crippen LogP contribution is -2.51. The number of carboxylic acid groups (broad SMARTS) is 1. The molecule has 0 spiro atoms. The predicted octanol–water partition coefficient (Wildman–Crippen LogP) is 2.16. The molecule has 0 saturated heterocycles. The van der Waals surface area contributed by atoms with Crippen molar-refractivity contribution < 1.29 is 14.7 Å². The van der Waals surface area contributed by atoms with Crippen molar-refractivity contribution in [3.05, 3.63) is 0 Å². The molecule has 1 unspecified atom stereocenters. The van der Waals surface area contributed by atoms with E-state index in [4.69, 9.17) is 5.11 Å². The largest absolute Gasteiger partial charge is 0.481 e. The molecule has 0 aromatic heterocycles. The van der Waals surface area contributed by atoms with Gasteiger partial charge in [-0.3, -0.25) is 9.59 Å². The van der Waals surface area contributed by atoms with Crippen molar-refractivity contribution in [3.8, 4) is 0 Å². The number of rotatable bonds is 7. The second kappa shape index (κ2) is 7.78. The summed E-state index contributed by atoms with van der Waals surface area (Å²) in [5.74, 6) is -0.334. The quantitative estimate of drug-likeness (QED) is 0.673. The third-order valence-electron chi connectivity index (χ3n) is 4.65. The van der Waals surface area contributed by atoms with E-state index in [9.17, 15) is 9.59 Å². The highest BCUT2D eigenvalue weighted by atomic mass is 16.4. The molecule has 1 fully saturated rings. The molecule has 3 N–H and O–H groups in total. The first-order chi connectivity index (χ1) is 9.75. The van der Waals surface area contributed by atoms with Crippen molar-refractivity contribution in [2.75, 3.05) is 6.54 Å². The van der Waals surface area contributed by atoms with Crippen LogP contribution in [0.3, 0.4) is 0 Å². The molecule has 21 heavy (non-hydrogen) atoms. The van der Waals surface area contributed by atoms with Crippen LogP contribution < -0.4 is 10.6 Å². The van der Waals surface area contributed by atoms with Gasteiger partial charge in [0.1, 0.15) is 0 Å². The average molecular weight is 298 g/mol. The van der Waals surface area contributed by atoms with Crippen molar-refractivity contribution >= 4 is 11.9 Å². The molecule has 0 heterocycles. The molecular formula is C16H30N2O3.